The first-order chi connectivity index (χ1) is 11.5. The summed E-state index contributed by atoms with van der Waals surface area (Å²) in [6, 6.07) is 8.90. The standard InChI is InChI=1S/C19H22N2O3/c1-13(2)19(23)21-16-12-15(5-7-18(16)24-3)17(22)6-4-14-8-10-20-11-9-14/h5,7-13H,4,6H2,1-3H3,(H,21,23). The van der Waals surface area contributed by atoms with Crippen LogP contribution in [0.4, 0.5) is 5.69 Å². The molecule has 0 spiro atoms. The van der Waals surface area contributed by atoms with Crippen LogP contribution >= 0.6 is 0 Å². The Kier molecular flexibility index (Phi) is 6.07. The van der Waals surface area contributed by atoms with Crippen LogP contribution in [0.5, 0.6) is 5.75 Å². The first kappa shape index (κ1) is 17.7. The van der Waals surface area contributed by atoms with E-state index >= 15 is 0 Å². The fourth-order valence-corrected chi connectivity index (χ4v) is 2.21. The highest BCUT2D eigenvalue weighted by atomic mass is 16.5. The van der Waals surface area contributed by atoms with Crippen molar-refractivity contribution in [3.63, 3.8) is 0 Å². The maximum Gasteiger partial charge on any atom is 0.227 e. The summed E-state index contributed by atoms with van der Waals surface area (Å²) in [5.74, 6) is 0.291. The topological polar surface area (TPSA) is 68.3 Å². The number of aryl methyl sites for hydroxylation is 1. The lowest BCUT2D eigenvalue weighted by molar-refractivity contribution is -0.118. The van der Waals surface area contributed by atoms with E-state index in [0.717, 1.165) is 5.56 Å². The first-order valence-electron chi connectivity index (χ1n) is 7.92. The number of hydrogen-bond acceptors (Lipinski definition) is 4. The number of pyridine rings is 1. The Bertz CT molecular complexity index is 712. The van der Waals surface area contributed by atoms with Gasteiger partial charge in [-0.1, -0.05) is 13.8 Å². The van der Waals surface area contributed by atoms with E-state index in [9.17, 15) is 9.59 Å². The van der Waals surface area contributed by atoms with E-state index in [-0.39, 0.29) is 17.6 Å². The van der Waals surface area contributed by atoms with Crippen LogP contribution in [0.3, 0.4) is 0 Å². The van der Waals surface area contributed by atoms with E-state index in [4.69, 9.17) is 4.74 Å². The molecule has 2 aromatic rings. The second-order valence-corrected chi connectivity index (χ2v) is 5.84. The van der Waals surface area contributed by atoms with Gasteiger partial charge in [-0.2, -0.15) is 0 Å². The molecule has 1 aromatic heterocycles. The van der Waals surface area contributed by atoms with Crippen molar-refractivity contribution in [3.8, 4) is 5.75 Å². The van der Waals surface area contributed by atoms with Gasteiger partial charge < -0.3 is 10.1 Å². The van der Waals surface area contributed by atoms with Gasteiger partial charge in [0.2, 0.25) is 5.91 Å². The normalized spacial score (nSPS) is 10.5. The number of methoxy groups -OCH3 is 1. The lowest BCUT2D eigenvalue weighted by Crippen LogP contribution is -2.18. The molecule has 0 aliphatic heterocycles. The molecule has 0 atom stereocenters. The molecule has 0 saturated heterocycles. The molecule has 1 heterocycles. The van der Waals surface area contributed by atoms with Gasteiger partial charge in [-0.3, -0.25) is 14.6 Å². The number of ketones is 1. The Morgan fingerprint density at radius 1 is 1.17 bits per heavy atom. The quantitative estimate of drug-likeness (QED) is 0.791. The molecule has 0 saturated carbocycles. The minimum atomic E-state index is -0.152. The molecule has 1 amide bonds. The third kappa shape index (κ3) is 4.65. The maximum atomic E-state index is 12.4. The van der Waals surface area contributed by atoms with Crippen LogP contribution in [0, 0.1) is 5.92 Å². The Morgan fingerprint density at radius 2 is 1.88 bits per heavy atom. The summed E-state index contributed by atoms with van der Waals surface area (Å²) in [7, 11) is 1.53. The number of carbonyl (C=O) groups is 2. The number of hydrogen-bond donors (Lipinski definition) is 1. The monoisotopic (exact) mass is 326 g/mol. The van der Waals surface area contributed by atoms with Gasteiger partial charge in [-0.05, 0) is 42.3 Å². The molecule has 0 aliphatic carbocycles. The minimum absolute atomic E-state index is 0.0227. The highest BCUT2D eigenvalue weighted by molar-refractivity contribution is 5.99. The van der Waals surface area contributed by atoms with Crippen LogP contribution in [0.25, 0.3) is 0 Å². The van der Waals surface area contributed by atoms with E-state index in [1.54, 1.807) is 30.6 Å². The van der Waals surface area contributed by atoms with Crippen LogP contribution < -0.4 is 10.1 Å². The van der Waals surface area contributed by atoms with Crippen LogP contribution in [0.15, 0.2) is 42.7 Å². The molecule has 126 valence electrons. The Morgan fingerprint density at radius 3 is 2.50 bits per heavy atom. The number of Topliss-reactive ketones (excluding diaryl/α,β-unsaturated/α-hetero) is 1. The number of ether oxygens (including phenoxy) is 1. The fraction of sp³-hybridized carbons (Fsp3) is 0.316. The Hall–Kier alpha value is -2.69. The summed E-state index contributed by atoms with van der Waals surface area (Å²) in [6.07, 6.45) is 4.48. The smallest absolute Gasteiger partial charge is 0.227 e. The van der Waals surface area contributed by atoms with Gasteiger partial charge in [0.1, 0.15) is 5.75 Å². The predicted molar refractivity (Wildman–Crippen MR) is 93.4 cm³/mol. The van der Waals surface area contributed by atoms with Crippen LogP contribution in [0.2, 0.25) is 0 Å². The van der Waals surface area contributed by atoms with Crippen molar-refractivity contribution in [2.75, 3.05) is 12.4 Å². The van der Waals surface area contributed by atoms with Gasteiger partial charge >= 0.3 is 0 Å². The molecule has 5 heteroatoms. The van der Waals surface area contributed by atoms with E-state index in [1.165, 1.54) is 7.11 Å². The average molecular weight is 326 g/mol. The lowest BCUT2D eigenvalue weighted by Gasteiger charge is -2.13. The van der Waals surface area contributed by atoms with Gasteiger partial charge in [-0.15, -0.1) is 0 Å². The molecular weight excluding hydrogens is 304 g/mol. The zero-order valence-corrected chi connectivity index (χ0v) is 14.2. The molecule has 0 unspecified atom stereocenters. The van der Waals surface area contributed by atoms with E-state index in [2.05, 4.69) is 10.3 Å². The summed E-state index contributed by atoms with van der Waals surface area (Å²) in [6.45, 7) is 3.62. The highest BCUT2D eigenvalue weighted by Crippen LogP contribution is 2.26. The lowest BCUT2D eigenvalue weighted by atomic mass is 10.0. The van der Waals surface area contributed by atoms with Crippen LogP contribution in [-0.2, 0) is 11.2 Å². The van der Waals surface area contributed by atoms with Crippen molar-refractivity contribution in [2.24, 2.45) is 5.92 Å². The average Bonchev–Trinajstić information content (AvgIpc) is 2.60. The number of nitrogens with zero attached hydrogens (tertiary/aromatic N) is 1. The molecule has 1 aromatic carbocycles. The molecule has 0 bridgehead atoms. The van der Waals surface area contributed by atoms with Crippen molar-refractivity contribution in [3.05, 3.63) is 53.9 Å². The number of carbonyl (C=O) groups excluding carboxylic acids is 2. The Labute approximate surface area is 142 Å². The molecule has 5 nitrogen and oxygen atoms in total. The second kappa shape index (κ2) is 8.24. The van der Waals surface area contributed by atoms with Gasteiger partial charge in [0.15, 0.2) is 5.78 Å². The minimum Gasteiger partial charge on any atom is -0.495 e. The highest BCUT2D eigenvalue weighted by Gasteiger charge is 2.14. The van der Waals surface area contributed by atoms with Crippen molar-refractivity contribution in [1.29, 1.82) is 0 Å². The molecule has 2 rings (SSSR count). The first-order valence-corrected chi connectivity index (χ1v) is 7.92. The summed E-state index contributed by atoms with van der Waals surface area (Å²) < 4.78 is 5.26. The SMILES string of the molecule is COc1ccc(C(=O)CCc2ccncc2)cc1NC(=O)C(C)C. The van der Waals surface area contributed by atoms with E-state index < -0.39 is 0 Å². The van der Waals surface area contributed by atoms with Crippen molar-refractivity contribution < 1.29 is 14.3 Å². The zero-order chi connectivity index (χ0) is 17.5. The van der Waals surface area contributed by atoms with Gasteiger partial charge in [0, 0.05) is 30.3 Å². The van der Waals surface area contributed by atoms with Crippen molar-refractivity contribution >= 4 is 17.4 Å². The van der Waals surface area contributed by atoms with Gasteiger partial charge in [0.05, 0.1) is 12.8 Å². The molecule has 0 fully saturated rings. The number of aromatic nitrogens is 1. The summed E-state index contributed by atoms with van der Waals surface area (Å²) in [5.41, 5.74) is 2.15. The summed E-state index contributed by atoms with van der Waals surface area (Å²) >= 11 is 0. The number of anilines is 1. The third-order valence-corrected chi connectivity index (χ3v) is 3.69. The Balaban J connectivity index is 2.12. The number of nitrogens with one attached hydrogen (secondary N) is 1. The van der Waals surface area contributed by atoms with E-state index in [1.807, 2.05) is 26.0 Å². The van der Waals surface area contributed by atoms with Crippen molar-refractivity contribution in [2.45, 2.75) is 26.7 Å². The number of rotatable bonds is 7. The van der Waals surface area contributed by atoms with Gasteiger partial charge in [-0.25, -0.2) is 0 Å². The van der Waals surface area contributed by atoms with Gasteiger partial charge in [0.25, 0.3) is 0 Å². The molecule has 24 heavy (non-hydrogen) atoms. The van der Waals surface area contributed by atoms with Crippen LogP contribution in [-0.4, -0.2) is 23.8 Å². The maximum absolute atomic E-state index is 12.4. The summed E-state index contributed by atoms with van der Waals surface area (Å²) in [4.78, 5) is 28.3. The van der Waals surface area contributed by atoms with Crippen molar-refractivity contribution in [1.82, 2.24) is 4.98 Å². The number of amides is 1. The number of benzene rings is 1. The summed E-state index contributed by atoms with van der Waals surface area (Å²) in [5, 5.41) is 2.81. The molecule has 1 N–H and O–H groups in total. The zero-order valence-electron chi connectivity index (χ0n) is 14.2. The van der Waals surface area contributed by atoms with E-state index in [0.29, 0.717) is 29.8 Å². The molecule has 0 aliphatic rings. The third-order valence-electron chi connectivity index (χ3n) is 3.69. The fourth-order valence-electron chi connectivity index (χ4n) is 2.21. The largest absolute Gasteiger partial charge is 0.495 e. The predicted octanol–water partition coefficient (Wildman–Crippen LogP) is 3.50. The molecular formula is C19H22N2O3. The molecule has 0 radical (unpaired) electrons. The second-order valence-electron chi connectivity index (χ2n) is 5.84. The van der Waals surface area contributed by atoms with Crippen LogP contribution in [0.1, 0.15) is 36.2 Å².